The van der Waals surface area contributed by atoms with Gasteiger partial charge in [0.25, 0.3) is 0 Å². The molecule has 1 N–H and O–H groups in total. The first kappa shape index (κ1) is 39.6. The lowest BCUT2D eigenvalue weighted by Crippen LogP contribution is -2.28. The van der Waals surface area contributed by atoms with Crippen LogP contribution in [0.1, 0.15) is 142 Å². The van der Waals surface area contributed by atoms with Crippen LogP contribution in [0.3, 0.4) is 0 Å². The molecule has 0 heterocycles. The minimum atomic E-state index is -0.785. The monoisotopic (exact) mass is 586 g/mol. The summed E-state index contributed by atoms with van der Waals surface area (Å²) in [6, 6.07) is 0. The maximum atomic E-state index is 12.1. The van der Waals surface area contributed by atoms with E-state index in [-0.39, 0.29) is 25.2 Å². The Morgan fingerprint density at radius 1 is 0.571 bits per heavy atom. The Labute approximate surface area is 258 Å². The first-order valence-electron chi connectivity index (χ1n) is 16.8. The molecule has 0 aliphatic rings. The number of hydrogen-bond acceptors (Lipinski definition) is 5. The van der Waals surface area contributed by atoms with E-state index >= 15 is 0 Å². The molecule has 0 fully saturated rings. The summed E-state index contributed by atoms with van der Waals surface area (Å²) in [5.74, 6) is -0.638. The molecule has 42 heavy (non-hydrogen) atoms. The van der Waals surface area contributed by atoms with Crippen LogP contribution in [0.15, 0.2) is 60.8 Å². The summed E-state index contributed by atoms with van der Waals surface area (Å²) >= 11 is 0. The highest BCUT2D eigenvalue weighted by molar-refractivity contribution is 5.70. The molecule has 0 aliphatic heterocycles. The van der Waals surface area contributed by atoms with Crippen LogP contribution in [0.4, 0.5) is 0 Å². The third kappa shape index (κ3) is 30.6. The summed E-state index contributed by atoms with van der Waals surface area (Å²) < 4.78 is 10.5. The van der Waals surface area contributed by atoms with Gasteiger partial charge in [0.2, 0.25) is 0 Å². The van der Waals surface area contributed by atoms with E-state index in [1.165, 1.54) is 32.1 Å². The van der Waals surface area contributed by atoms with Gasteiger partial charge in [0.05, 0.1) is 6.61 Å². The van der Waals surface area contributed by atoms with Gasteiger partial charge in [-0.05, 0) is 70.6 Å². The number of rotatable bonds is 29. The van der Waals surface area contributed by atoms with Gasteiger partial charge in [-0.1, -0.05) is 120 Å². The lowest BCUT2D eigenvalue weighted by Gasteiger charge is -2.15. The average Bonchev–Trinajstić information content (AvgIpc) is 2.99. The smallest absolute Gasteiger partial charge is 0.306 e. The number of ether oxygens (including phenoxy) is 2. The zero-order valence-corrected chi connectivity index (χ0v) is 27.0. The maximum Gasteiger partial charge on any atom is 0.306 e. The van der Waals surface area contributed by atoms with Gasteiger partial charge in [-0.15, -0.1) is 0 Å². The highest BCUT2D eigenvalue weighted by Crippen LogP contribution is 2.11. The number of aliphatic hydroxyl groups is 1. The van der Waals surface area contributed by atoms with Crippen molar-refractivity contribution in [3.8, 4) is 0 Å². The summed E-state index contributed by atoms with van der Waals surface area (Å²) in [5, 5.41) is 9.49. The molecular weight excluding hydrogens is 524 g/mol. The SMILES string of the molecule is CC/C=C\C/C=C\C/C=C\C/C=C\CCCCCCC(=O)OC[C@H](CO)OC(=O)CCCCCCC/C=C\CCCC. The number of esters is 2. The van der Waals surface area contributed by atoms with Crippen LogP contribution in [-0.4, -0.2) is 36.4 Å². The van der Waals surface area contributed by atoms with Crippen LogP contribution >= 0.6 is 0 Å². The number of carbonyl (C=O) groups excluding carboxylic acids is 2. The van der Waals surface area contributed by atoms with Crippen LogP contribution in [-0.2, 0) is 19.1 Å². The highest BCUT2D eigenvalue weighted by atomic mass is 16.6. The lowest BCUT2D eigenvalue weighted by atomic mass is 10.1. The molecule has 0 aromatic heterocycles. The van der Waals surface area contributed by atoms with Crippen molar-refractivity contribution in [2.75, 3.05) is 13.2 Å². The van der Waals surface area contributed by atoms with Crippen molar-refractivity contribution >= 4 is 11.9 Å². The molecular formula is C37H62O5. The molecule has 0 saturated heterocycles. The number of unbranched alkanes of at least 4 members (excludes halogenated alkanes) is 11. The standard InChI is InChI=1S/C37H62O5/c1-3-5-7-9-11-13-15-16-17-18-19-20-22-23-25-27-29-31-36(39)41-34-35(33-38)42-37(40)32-30-28-26-24-21-14-12-10-8-6-4-2/h5,7,10-13,16-17,19-20,35,38H,3-4,6,8-9,14-15,18,21-34H2,1-2H3/b7-5-,12-10-,13-11-,17-16-,20-19-/t35-/m0/s1. The van der Waals surface area contributed by atoms with Crippen LogP contribution in [0.25, 0.3) is 0 Å². The van der Waals surface area contributed by atoms with Gasteiger partial charge in [-0.25, -0.2) is 0 Å². The first-order valence-corrected chi connectivity index (χ1v) is 16.8. The Morgan fingerprint density at radius 3 is 1.57 bits per heavy atom. The molecule has 0 spiro atoms. The van der Waals surface area contributed by atoms with Crippen molar-refractivity contribution in [2.45, 2.75) is 148 Å². The molecule has 1 atom stereocenters. The van der Waals surface area contributed by atoms with E-state index < -0.39 is 6.10 Å². The van der Waals surface area contributed by atoms with Gasteiger partial charge in [0.1, 0.15) is 6.61 Å². The quantitative estimate of drug-likeness (QED) is 0.0536. The third-order valence-electron chi connectivity index (χ3n) is 6.80. The van der Waals surface area contributed by atoms with Crippen molar-refractivity contribution in [3.63, 3.8) is 0 Å². The van der Waals surface area contributed by atoms with Crippen LogP contribution in [0, 0.1) is 0 Å². The number of allylic oxidation sites excluding steroid dienone is 10. The second-order valence-corrected chi connectivity index (χ2v) is 10.9. The van der Waals surface area contributed by atoms with Crippen molar-refractivity contribution in [2.24, 2.45) is 0 Å². The number of carbonyl (C=O) groups is 2. The average molecular weight is 587 g/mol. The third-order valence-corrected chi connectivity index (χ3v) is 6.80. The van der Waals surface area contributed by atoms with E-state index in [2.05, 4.69) is 74.6 Å². The Morgan fingerprint density at radius 2 is 1.02 bits per heavy atom. The van der Waals surface area contributed by atoms with Gasteiger partial charge in [0, 0.05) is 12.8 Å². The molecule has 0 bridgehead atoms. The Kier molecular flexibility index (Phi) is 31.2. The largest absolute Gasteiger partial charge is 0.462 e. The molecule has 0 aromatic rings. The fourth-order valence-corrected chi connectivity index (χ4v) is 4.23. The predicted molar refractivity (Wildman–Crippen MR) is 177 cm³/mol. The lowest BCUT2D eigenvalue weighted by molar-refractivity contribution is -0.161. The number of aliphatic hydroxyl groups excluding tert-OH is 1. The van der Waals surface area contributed by atoms with Crippen molar-refractivity contribution in [3.05, 3.63) is 60.8 Å². The normalized spacial score (nSPS) is 12.9. The zero-order chi connectivity index (χ0) is 30.8. The number of hydrogen-bond donors (Lipinski definition) is 1. The van der Waals surface area contributed by atoms with E-state index in [4.69, 9.17) is 9.47 Å². The van der Waals surface area contributed by atoms with E-state index in [1.807, 2.05) is 0 Å². The Balaban J connectivity index is 3.67. The Hall–Kier alpha value is -2.40. The van der Waals surface area contributed by atoms with Gasteiger partial charge >= 0.3 is 11.9 Å². The van der Waals surface area contributed by atoms with E-state index in [0.29, 0.717) is 12.8 Å². The molecule has 0 aliphatic carbocycles. The summed E-state index contributed by atoms with van der Waals surface area (Å²) in [6.07, 6.45) is 41.3. The van der Waals surface area contributed by atoms with E-state index in [9.17, 15) is 14.7 Å². The van der Waals surface area contributed by atoms with Crippen LogP contribution in [0.2, 0.25) is 0 Å². The molecule has 0 radical (unpaired) electrons. The van der Waals surface area contributed by atoms with Crippen molar-refractivity contribution < 1.29 is 24.2 Å². The molecule has 0 aromatic carbocycles. The van der Waals surface area contributed by atoms with E-state index in [1.54, 1.807) is 0 Å². The molecule has 0 saturated carbocycles. The summed E-state index contributed by atoms with van der Waals surface area (Å²) in [7, 11) is 0. The molecule has 240 valence electrons. The molecule has 0 unspecified atom stereocenters. The topological polar surface area (TPSA) is 72.8 Å². The summed E-state index contributed by atoms with van der Waals surface area (Å²) in [5.41, 5.74) is 0. The van der Waals surface area contributed by atoms with Gasteiger partial charge in [-0.3, -0.25) is 9.59 Å². The molecule has 0 amide bonds. The fraction of sp³-hybridized carbons (Fsp3) is 0.676. The van der Waals surface area contributed by atoms with E-state index in [0.717, 1.165) is 83.5 Å². The minimum Gasteiger partial charge on any atom is -0.462 e. The van der Waals surface area contributed by atoms with Crippen LogP contribution < -0.4 is 0 Å². The molecule has 5 heteroatoms. The summed E-state index contributed by atoms with van der Waals surface area (Å²) in [4.78, 5) is 24.1. The minimum absolute atomic E-state index is 0.0846. The van der Waals surface area contributed by atoms with Crippen molar-refractivity contribution in [1.29, 1.82) is 0 Å². The van der Waals surface area contributed by atoms with Crippen LogP contribution in [0.5, 0.6) is 0 Å². The summed E-state index contributed by atoms with van der Waals surface area (Å²) in [6.45, 7) is 3.93. The Bertz CT molecular complexity index is 762. The second-order valence-electron chi connectivity index (χ2n) is 10.9. The van der Waals surface area contributed by atoms with Gasteiger partial charge < -0.3 is 14.6 Å². The van der Waals surface area contributed by atoms with Gasteiger partial charge in [0.15, 0.2) is 6.10 Å². The fourth-order valence-electron chi connectivity index (χ4n) is 4.23. The zero-order valence-electron chi connectivity index (χ0n) is 27.0. The molecule has 5 nitrogen and oxygen atoms in total. The predicted octanol–water partition coefficient (Wildman–Crippen LogP) is 10.1. The van der Waals surface area contributed by atoms with Crippen molar-refractivity contribution in [1.82, 2.24) is 0 Å². The molecule has 0 rings (SSSR count). The first-order chi connectivity index (χ1) is 20.6. The van der Waals surface area contributed by atoms with Gasteiger partial charge in [-0.2, -0.15) is 0 Å². The second kappa shape index (κ2) is 33.1. The highest BCUT2D eigenvalue weighted by Gasteiger charge is 2.16. The maximum absolute atomic E-state index is 12.1.